The van der Waals surface area contributed by atoms with Crippen molar-refractivity contribution in [1.82, 2.24) is 10.3 Å². The van der Waals surface area contributed by atoms with Gasteiger partial charge >= 0.3 is 0 Å². The molecule has 1 aromatic heterocycles. The van der Waals surface area contributed by atoms with Crippen molar-refractivity contribution in [2.45, 2.75) is 25.8 Å². The highest BCUT2D eigenvalue weighted by Crippen LogP contribution is 2.29. The maximum absolute atomic E-state index is 9.20. The molecular formula is C14H18N4. The summed E-state index contributed by atoms with van der Waals surface area (Å²) in [5.41, 5.74) is 1.68. The summed E-state index contributed by atoms with van der Waals surface area (Å²) >= 11 is 0. The summed E-state index contributed by atoms with van der Waals surface area (Å²) in [5.74, 6) is 1.59. The van der Waals surface area contributed by atoms with E-state index < -0.39 is 0 Å². The zero-order valence-corrected chi connectivity index (χ0v) is 10.7. The first-order chi connectivity index (χ1) is 8.78. The number of nitrogens with one attached hydrogen (secondary N) is 1. The van der Waals surface area contributed by atoms with Gasteiger partial charge in [-0.25, -0.2) is 4.98 Å². The molecule has 3 heterocycles. The third kappa shape index (κ3) is 1.95. The number of aryl methyl sites for hydroxylation is 1. The number of hydrogen-bond acceptors (Lipinski definition) is 4. The average molecular weight is 242 g/mol. The van der Waals surface area contributed by atoms with E-state index in [1.54, 1.807) is 0 Å². The van der Waals surface area contributed by atoms with Gasteiger partial charge in [0.2, 0.25) is 0 Å². The second-order valence-electron chi connectivity index (χ2n) is 5.28. The van der Waals surface area contributed by atoms with E-state index in [-0.39, 0.29) is 0 Å². The minimum absolute atomic E-state index is 0.677. The SMILES string of the molecule is Cc1ccc(C#N)c(N2CCC3NCCC3C2)n1. The quantitative estimate of drug-likeness (QED) is 0.810. The normalized spacial score (nSPS) is 26.8. The van der Waals surface area contributed by atoms with Crippen LogP contribution in [0.3, 0.4) is 0 Å². The van der Waals surface area contributed by atoms with Crippen LogP contribution < -0.4 is 10.2 Å². The Kier molecular flexibility index (Phi) is 2.92. The zero-order valence-electron chi connectivity index (χ0n) is 10.7. The lowest BCUT2D eigenvalue weighted by Gasteiger charge is -2.36. The summed E-state index contributed by atoms with van der Waals surface area (Å²) in [4.78, 5) is 6.86. The first-order valence-electron chi connectivity index (χ1n) is 6.64. The fraction of sp³-hybridized carbons (Fsp3) is 0.571. The monoisotopic (exact) mass is 242 g/mol. The van der Waals surface area contributed by atoms with E-state index in [1.807, 2.05) is 19.1 Å². The largest absolute Gasteiger partial charge is 0.355 e. The Morgan fingerprint density at radius 1 is 1.44 bits per heavy atom. The molecule has 0 saturated carbocycles. The van der Waals surface area contributed by atoms with Crippen LogP contribution in [-0.4, -0.2) is 30.7 Å². The van der Waals surface area contributed by atoms with Crippen LogP contribution in [0.2, 0.25) is 0 Å². The molecule has 0 aliphatic carbocycles. The van der Waals surface area contributed by atoms with Crippen LogP contribution in [0.1, 0.15) is 24.1 Å². The molecule has 4 heteroatoms. The Labute approximate surface area is 108 Å². The van der Waals surface area contributed by atoms with Gasteiger partial charge in [-0.1, -0.05) is 0 Å². The highest BCUT2D eigenvalue weighted by molar-refractivity contribution is 5.54. The highest BCUT2D eigenvalue weighted by Gasteiger charge is 2.33. The van der Waals surface area contributed by atoms with Gasteiger partial charge in [-0.3, -0.25) is 0 Å². The van der Waals surface area contributed by atoms with E-state index >= 15 is 0 Å². The van der Waals surface area contributed by atoms with Crippen LogP contribution in [0, 0.1) is 24.2 Å². The van der Waals surface area contributed by atoms with Crippen LogP contribution >= 0.6 is 0 Å². The second-order valence-corrected chi connectivity index (χ2v) is 5.28. The minimum Gasteiger partial charge on any atom is -0.355 e. The Morgan fingerprint density at radius 3 is 3.17 bits per heavy atom. The molecular weight excluding hydrogens is 224 g/mol. The van der Waals surface area contributed by atoms with Gasteiger partial charge in [0.1, 0.15) is 11.9 Å². The maximum atomic E-state index is 9.20. The van der Waals surface area contributed by atoms with Gasteiger partial charge in [0.15, 0.2) is 0 Å². The predicted octanol–water partition coefficient (Wildman–Crippen LogP) is 1.45. The van der Waals surface area contributed by atoms with Gasteiger partial charge < -0.3 is 10.2 Å². The molecule has 0 aromatic carbocycles. The van der Waals surface area contributed by atoms with E-state index in [0.29, 0.717) is 17.5 Å². The van der Waals surface area contributed by atoms with Crippen molar-refractivity contribution >= 4 is 5.82 Å². The number of fused-ring (bicyclic) bond motifs is 1. The maximum Gasteiger partial charge on any atom is 0.146 e. The molecule has 4 nitrogen and oxygen atoms in total. The molecule has 2 unspecified atom stereocenters. The van der Waals surface area contributed by atoms with Gasteiger partial charge in [-0.05, 0) is 44.4 Å². The molecule has 0 bridgehead atoms. The fourth-order valence-electron chi connectivity index (χ4n) is 3.11. The molecule has 2 aliphatic rings. The summed E-state index contributed by atoms with van der Waals surface area (Å²) in [7, 11) is 0. The number of aromatic nitrogens is 1. The van der Waals surface area contributed by atoms with Crippen LogP contribution in [0.5, 0.6) is 0 Å². The highest BCUT2D eigenvalue weighted by atomic mass is 15.2. The van der Waals surface area contributed by atoms with Crippen LogP contribution in [0.4, 0.5) is 5.82 Å². The zero-order chi connectivity index (χ0) is 12.5. The standard InChI is InChI=1S/C14H18N4/c1-10-2-3-11(8-15)14(17-10)18-7-5-13-12(9-18)4-6-16-13/h2-3,12-13,16H,4-7,9H2,1H3. The lowest BCUT2D eigenvalue weighted by atomic mass is 9.93. The second kappa shape index (κ2) is 4.58. The number of rotatable bonds is 1. The minimum atomic E-state index is 0.677. The summed E-state index contributed by atoms with van der Waals surface area (Å²) in [6.45, 7) is 5.14. The predicted molar refractivity (Wildman–Crippen MR) is 70.4 cm³/mol. The number of anilines is 1. The van der Waals surface area contributed by atoms with E-state index in [1.165, 1.54) is 6.42 Å². The Bertz CT molecular complexity index is 491. The molecule has 3 rings (SSSR count). The van der Waals surface area contributed by atoms with E-state index in [4.69, 9.17) is 0 Å². The van der Waals surface area contributed by atoms with E-state index in [0.717, 1.165) is 37.6 Å². The smallest absolute Gasteiger partial charge is 0.146 e. The molecule has 0 amide bonds. The van der Waals surface area contributed by atoms with Crippen LogP contribution in [0.25, 0.3) is 0 Å². The Hall–Kier alpha value is -1.60. The summed E-state index contributed by atoms with van der Waals surface area (Å²) < 4.78 is 0. The molecule has 18 heavy (non-hydrogen) atoms. The van der Waals surface area contributed by atoms with E-state index in [9.17, 15) is 5.26 Å². The summed E-state index contributed by atoms with van der Waals surface area (Å²) in [6.07, 6.45) is 2.40. The molecule has 0 spiro atoms. The average Bonchev–Trinajstić information content (AvgIpc) is 2.85. The third-order valence-corrected chi connectivity index (χ3v) is 4.09. The third-order valence-electron chi connectivity index (χ3n) is 4.09. The first kappa shape index (κ1) is 11.5. The molecule has 2 saturated heterocycles. The van der Waals surface area contributed by atoms with Crippen molar-refractivity contribution in [2.75, 3.05) is 24.5 Å². The molecule has 1 N–H and O–H groups in total. The van der Waals surface area contributed by atoms with Gasteiger partial charge in [-0.15, -0.1) is 0 Å². The number of nitriles is 1. The summed E-state index contributed by atoms with van der Waals surface area (Å²) in [5, 5.41) is 12.8. The van der Waals surface area contributed by atoms with Gasteiger partial charge in [0.05, 0.1) is 5.56 Å². The van der Waals surface area contributed by atoms with Crippen LogP contribution in [-0.2, 0) is 0 Å². The molecule has 0 radical (unpaired) electrons. The van der Waals surface area contributed by atoms with Gasteiger partial charge in [0.25, 0.3) is 0 Å². The summed E-state index contributed by atoms with van der Waals surface area (Å²) in [6, 6.07) is 6.73. The topological polar surface area (TPSA) is 52.0 Å². The number of hydrogen-bond donors (Lipinski definition) is 1. The number of pyridine rings is 1. The molecule has 1 aromatic rings. The first-order valence-corrected chi connectivity index (χ1v) is 6.64. The molecule has 2 atom stereocenters. The van der Waals surface area contributed by atoms with Crippen molar-refractivity contribution in [2.24, 2.45) is 5.92 Å². The van der Waals surface area contributed by atoms with Crippen molar-refractivity contribution in [1.29, 1.82) is 5.26 Å². The van der Waals surface area contributed by atoms with Gasteiger partial charge in [-0.2, -0.15) is 5.26 Å². The lowest BCUT2D eigenvalue weighted by molar-refractivity contribution is 0.375. The van der Waals surface area contributed by atoms with Crippen molar-refractivity contribution in [3.8, 4) is 6.07 Å². The molecule has 2 fully saturated rings. The van der Waals surface area contributed by atoms with Crippen molar-refractivity contribution < 1.29 is 0 Å². The molecule has 2 aliphatic heterocycles. The lowest BCUT2D eigenvalue weighted by Crippen LogP contribution is -2.45. The van der Waals surface area contributed by atoms with E-state index in [2.05, 4.69) is 21.3 Å². The number of piperidine rings is 1. The molecule has 94 valence electrons. The van der Waals surface area contributed by atoms with Crippen molar-refractivity contribution in [3.63, 3.8) is 0 Å². The Balaban J connectivity index is 1.87. The van der Waals surface area contributed by atoms with Gasteiger partial charge in [0, 0.05) is 24.8 Å². The van der Waals surface area contributed by atoms with Crippen molar-refractivity contribution in [3.05, 3.63) is 23.4 Å². The van der Waals surface area contributed by atoms with Crippen LogP contribution in [0.15, 0.2) is 12.1 Å². The number of nitrogens with zero attached hydrogens (tertiary/aromatic N) is 3. The Morgan fingerprint density at radius 2 is 2.33 bits per heavy atom. The fourth-order valence-corrected chi connectivity index (χ4v) is 3.11.